The number of nitro groups is 1. The van der Waals surface area contributed by atoms with Gasteiger partial charge in [-0.15, -0.1) is 0 Å². The van der Waals surface area contributed by atoms with E-state index in [0.29, 0.717) is 17.1 Å². The van der Waals surface area contributed by atoms with E-state index in [1.165, 1.54) is 12.1 Å². The number of hydrogen-bond donors (Lipinski definition) is 0. The van der Waals surface area contributed by atoms with Gasteiger partial charge < -0.3 is 0 Å². The average molecular weight is 280 g/mol. The lowest BCUT2D eigenvalue weighted by Crippen LogP contribution is -2.32. The summed E-state index contributed by atoms with van der Waals surface area (Å²) in [7, 11) is 0. The Bertz CT molecular complexity index is 519. The van der Waals surface area contributed by atoms with E-state index in [9.17, 15) is 10.1 Å². The molecule has 1 heterocycles. The fraction of sp³-hybridized carbons (Fsp3) is 0.462. The van der Waals surface area contributed by atoms with Gasteiger partial charge in [-0.05, 0) is 38.1 Å². The number of halogens is 1. The molecule has 0 atom stereocenters. The molecule has 0 radical (unpaired) electrons. The molecule has 0 amide bonds. The molecule has 0 spiro atoms. The van der Waals surface area contributed by atoms with E-state index in [1.54, 1.807) is 6.07 Å². The molecule has 0 aromatic heterocycles. The largest absolute Gasteiger partial charge is 0.299 e. The van der Waals surface area contributed by atoms with Crippen LogP contribution in [0.15, 0.2) is 18.2 Å². The first-order valence-corrected chi connectivity index (χ1v) is 6.52. The van der Waals surface area contributed by atoms with Crippen molar-refractivity contribution in [1.82, 2.24) is 4.90 Å². The molecule has 0 saturated carbocycles. The average Bonchev–Trinajstić information content (AvgIpc) is 2.39. The summed E-state index contributed by atoms with van der Waals surface area (Å²) in [5, 5.41) is 20.3. The standard InChI is InChI=1S/C13H14ClN3O2/c14-12-1-2-13(17(18)19)11(7-12)9-16-5-3-10(8-15)4-6-16/h1-2,7,10H,3-6,9H2. The Labute approximate surface area is 116 Å². The van der Waals surface area contributed by atoms with Gasteiger partial charge >= 0.3 is 0 Å². The van der Waals surface area contributed by atoms with Crippen LogP contribution in [0.3, 0.4) is 0 Å². The monoisotopic (exact) mass is 279 g/mol. The van der Waals surface area contributed by atoms with Crippen molar-refractivity contribution in [3.8, 4) is 6.07 Å². The molecule has 2 rings (SSSR count). The molecule has 1 fully saturated rings. The number of piperidine rings is 1. The van der Waals surface area contributed by atoms with Crippen molar-refractivity contribution in [2.75, 3.05) is 13.1 Å². The molecule has 0 unspecified atom stereocenters. The van der Waals surface area contributed by atoms with Crippen LogP contribution in [0.25, 0.3) is 0 Å². The van der Waals surface area contributed by atoms with Crippen LogP contribution in [0.2, 0.25) is 5.02 Å². The third kappa shape index (κ3) is 3.43. The lowest BCUT2D eigenvalue weighted by Gasteiger charge is -2.28. The van der Waals surface area contributed by atoms with Crippen LogP contribution in [0, 0.1) is 27.4 Å². The van der Waals surface area contributed by atoms with Gasteiger partial charge in [-0.25, -0.2) is 0 Å². The molecule has 0 aliphatic carbocycles. The summed E-state index contributed by atoms with van der Waals surface area (Å²) in [4.78, 5) is 12.7. The Morgan fingerprint density at radius 1 is 1.47 bits per heavy atom. The molecular formula is C13H14ClN3O2. The van der Waals surface area contributed by atoms with Crippen molar-refractivity contribution >= 4 is 17.3 Å². The quantitative estimate of drug-likeness (QED) is 0.630. The Morgan fingerprint density at radius 3 is 2.74 bits per heavy atom. The van der Waals surface area contributed by atoms with Crippen LogP contribution in [-0.4, -0.2) is 22.9 Å². The zero-order valence-electron chi connectivity index (χ0n) is 10.4. The lowest BCUT2D eigenvalue weighted by atomic mass is 9.98. The summed E-state index contributed by atoms with van der Waals surface area (Å²) < 4.78 is 0. The number of nitro benzene ring substituents is 1. The first kappa shape index (κ1) is 13.8. The highest BCUT2D eigenvalue weighted by molar-refractivity contribution is 6.30. The molecule has 100 valence electrons. The zero-order chi connectivity index (χ0) is 13.8. The maximum atomic E-state index is 11.0. The SMILES string of the molecule is N#CC1CCN(Cc2cc(Cl)ccc2[N+](=O)[O-])CC1. The minimum atomic E-state index is -0.381. The van der Waals surface area contributed by atoms with Crippen LogP contribution >= 0.6 is 11.6 Å². The van der Waals surface area contributed by atoms with Crippen LogP contribution in [-0.2, 0) is 6.54 Å². The fourth-order valence-electron chi connectivity index (χ4n) is 2.32. The van der Waals surface area contributed by atoms with Crippen molar-refractivity contribution in [2.24, 2.45) is 5.92 Å². The third-order valence-electron chi connectivity index (χ3n) is 3.40. The van der Waals surface area contributed by atoms with E-state index < -0.39 is 0 Å². The molecule has 1 aliphatic rings. The maximum absolute atomic E-state index is 11.0. The third-order valence-corrected chi connectivity index (χ3v) is 3.64. The van der Waals surface area contributed by atoms with Gasteiger partial charge in [-0.3, -0.25) is 15.0 Å². The maximum Gasteiger partial charge on any atom is 0.273 e. The first-order valence-electron chi connectivity index (χ1n) is 6.15. The van der Waals surface area contributed by atoms with Crippen molar-refractivity contribution < 1.29 is 4.92 Å². The molecule has 1 saturated heterocycles. The summed E-state index contributed by atoms with van der Waals surface area (Å²) in [6, 6.07) is 6.90. The smallest absolute Gasteiger partial charge is 0.273 e. The summed E-state index contributed by atoms with van der Waals surface area (Å²) in [5.74, 6) is 0.116. The van der Waals surface area contributed by atoms with Gasteiger partial charge in [-0.1, -0.05) is 11.6 Å². The Kier molecular flexibility index (Phi) is 4.35. The Balaban J connectivity index is 2.09. The van der Waals surface area contributed by atoms with Crippen molar-refractivity contribution in [3.05, 3.63) is 38.9 Å². The van der Waals surface area contributed by atoms with Crippen LogP contribution in [0.1, 0.15) is 18.4 Å². The number of rotatable bonds is 3. The molecule has 1 aliphatic heterocycles. The number of benzene rings is 1. The second kappa shape index (κ2) is 6.00. The summed E-state index contributed by atoms with van der Waals surface area (Å²) >= 11 is 5.90. The molecular weight excluding hydrogens is 266 g/mol. The molecule has 5 nitrogen and oxygen atoms in total. The normalized spacial score (nSPS) is 17.1. The predicted molar refractivity (Wildman–Crippen MR) is 71.7 cm³/mol. The molecule has 6 heteroatoms. The highest BCUT2D eigenvalue weighted by Crippen LogP contribution is 2.26. The van der Waals surface area contributed by atoms with Gasteiger partial charge in [0.2, 0.25) is 0 Å². The van der Waals surface area contributed by atoms with E-state index in [0.717, 1.165) is 25.9 Å². The summed E-state index contributed by atoms with van der Waals surface area (Å²) in [5.41, 5.74) is 0.736. The van der Waals surface area contributed by atoms with E-state index in [1.807, 2.05) is 0 Å². The van der Waals surface area contributed by atoms with Gasteiger partial charge in [0.1, 0.15) is 0 Å². The van der Waals surface area contributed by atoms with Crippen LogP contribution < -0.4 is 0 Å². The summed E-state index contributed by atoms with van der Waals surface area (Å²) in [6.07, 6.45) is 1.65. The molecule has 1 aromatic rings. The van der Waals surface area contributed by atoms with E-state index in [-0.39, 0.29) is 16.5 Å². The van der Waals surface area contributed by atoms with Crippen molar-refractivity contribution in [1.29, 1.82) is 5.26 Å². The van der Waals surface area contributed by atoms with Crippen molar-refractivity contribution in [2.45, 2.75) is 19.4 Å². The second-order valence-corrected chi connectivity index (χ2v) is 5.15. The van der Waals surface area contributed by atoms with Gasteiger partial charge in [-0.2, -0.15) is 5.26 Å². The van der Waals surface area contributed by atoms with Crippen LogP contribution in [0.5, 0.6) is 0 Å². The number of nitriles is 1. The zero-order valence-corrected chi connectivity index (χ0v) is 11.1. The van der Waals surface area contributed by atoms with E-state index >= 15 is 0 Å². The molecule has 0 N–H and O–H groups in total. The van der Waals surface area contributed by atoms with Gasteiger partial charge in [0.05, 0.1) is 11.0 Å². The molecule has 1 aromatic carbocycles. The number of likely N-dealkylation sites (tertiary alicyclic amines) is 1. The Hall–Kier alpha value is -1.64. The summed E-state index contributed by atoms with van der Waals surface area (Å²) in [6.45, 7) is 2.10. The minimum absolute atomic E-state index is 0.104. The Morgan fingerprint density at radius 2 is 2.16 bits per heavy atom. The topological polar surface area (TPSA) is 70.2 Å². The minimum Gasteiger partial charge on any atom is -0.299 e. The van der Waals surface area contributed by atoms with Crippen LogP contribution in [0.4, 0.5) is 5.69 Å². The van der Waals surface area contributed by atoms with Gasteiger partial charge in [0, 0.05) is 29.1 Å². The highest BCUT2D eigenvalue weighted by Gasteiger charge is 2.22. The highest BCUT2D eigenvalue weighted by atomic mass is 35.5. The predicted octanol–water partition coefficient (Wildman–Crippen LogP) is 2.98. The lowest BCUT2D eigenvalue weighted by molar-refractivity contribution is -0.385. The van der Waals surface area contributed by atoms with Crippen molar-refractivity contribution in [3.63, 3.8) is 0 Å². The van der Waals surface area contributed by atoms with E-state index in [2.05, 4.69) is 11.0 Å². The second-order valence-electron chi connectivity index (χ2n) is 4.71. The number of hydrogen-bond acceptors (Lipinski definition) is 4. The molecule has 0 bridgehead atoms. The van der Waals surface area contributed by atoms with E-state index in [4.69, 9.17) is 16.9 Å². The molecule has 19 heavy (non-hydrogen) atoms. The van der Waals surface area contributed by atoms with Gasteiger partial charge in [0.15, 0.2) is 0 Å². The fourth-order valence-corrected chi connectivity index (χ4v) is 2.51. The number of nitrogens with zero attached hydrogens (tertiary/aromatic N) is 3. The van der Waals surface area contributed by atoms with Gasteiger partial charge in [0.25, 0.3) is 5.69 Å². The first-order chi connectivity index (χ1) is 9.10.